The summed E-state index contributed by atoms with van der Waals surface area (Å²) in [5.41, 5.74) is 0.933. The molecular formula is C16H18N2O2. The Balaban J connectivity index is 1.69. The lowest BCUT2D eigenvalue weighted by atomic mass is 10.2. The van der Waals surface area contributed by atoms with Gasteiger partial charge >= 0.3 is 0 Å². The van der Waals surface area contributed by atoms with Crippen molar-refractivity contribution in [2.24, 2.45) is 5.92 Å². The largest absolute Gasteiger partial charge is 0.477 e. The normalized spacial score (nSPS) is 20.1. The van der Waals surface area contributed by atoms with Crippen LogP contribution in [-0.2, 0) is 4.79 Å². The Bertz CT molecular complexity index is 546. The number of fused-ring (bicyclic) bond motifs is 1. The highest BCUT2D eigenvalue weighted by atomic mass is 16.5. The molecule has 1 N–H and O–H groups in total. The predicted molar refractivity (Wildman–Crippen MR) is 77.5 cm³/mol. The third-order valence-corrected chi connectivity index (χ3v) is 3.68. The first-order valence-corrected chi connectivity index (χ1v) is 6.99. The first-order chi connectivity index (χ1) is 9.78. The number of carbonyl (C=O) groups is 1. The number of para-hydroxylation sites is 2. The van der Waals surface area contributed by atoms with Crippen LogP contribution in [0.2, 0.25) is 0 Å². The standard InChI is InChI=1S/C16H18N2O2/c1-2-9-18(11-12-7-8-12)16(19)15-10-17-13-5-3-4-6-14(13)20-15/h1,3-6,12,15,17H,7-11H2. The number of nitrogens with zero attached hydrogens (tertiary/aromatic N) is 1. The Labute approximate surface area is 119 Å². The van der Waals surface area contributed by atoms with Crippen LogP contribution in [0, 0.1) is 18.3 Å². The third kappa shape index (κ3) is 2.72. The fourth-order valence-corrected chi connectivity index (χ4v) is 2.41. The maximum Gasteiger partial charge on any atom is 0.266 e. The number of hydrogen-bond donors (Lipinski definition) is 1. The third-order valence-electron chi connectivity index (χ3n) is 3.68. The Kier molecular flexibility index (Phi) is 3.51. The molecule has 20 heavy (non-hydrogen) atoms. The summed E-state index contributed by atoms with van der Waals surface area (Å²) >= 11 is 0. The summed E-state index contributed by atoms with van der Waals surface area (Å²) in [4.78, 5) is 14.3. The van der Waals surface area contributed by atoms with Crippen molar-refractivity contribution in [1.29, 1.82) is 0 Å². The topological polar surface area (TPSA) is 41.6 Å². The molecule has 1 atom stereocenters. The van der Waals surface area contributed by atoms with E-state index in [1.165, 1.54) is 12.8 Å². The molecule has 104 valence electrons. The maximum atomic E-state index is 12.5. The zero-order valence-electron chi connectivity index (χ0n) is 11.3. The van der Waals surface area contributed by atoms with Crippen molar-refractivity contribution in [3.63, 3.8) is 0 Å². The molecule has 1 aliphatic carbocycles. The number of carbonyl (C=O) groups excluding carboxylic acids is 1. The number of amides is 1. The molecular weight excluding hydrogens is 252 g/mol. The van der Waals surface area contributed by atoms with Gasteiger partial charge in [0, 0.05) is 6.54 Å². The van der Waals surface area contributed by atoms with E-state index >= 15 is 0 Å². The lowest BCUT2D eigenvalue weighted by molar-refractivity contribution is -0.137. The zero-order chi connectivity index (χ0) is 13.9. The number of rotatable bonds is 4. The number of anilines is 1. The summed E-state index contributed by atoms with van der Waals surface area (Å²) in [6.07, 6.45) is 7.27. The SMILES string of the molecule is C#CCN(CC1CC1)C(=O)C1CNc2ccccc2O1. The number of benzene rings is 1. The molecule has 1 aliphatic heterocycles. The maximum absolute atomic E-state index is 12.5. The molecule has 4 nitrogen and oxygen atoms in total. The summed E-state index contributed by atoms with van der Waals surface area (Å²) < 4.78 is 5.80. The van der Waals surface area contributed by atoms with Crippen LogP contribution < -0.4 is 10.1 Å². The van der Waals surface area contributed by atoms with E-state index in [1.54, 1.807) is 4.90 Å². The molecule has 0 spiro atoms. The van der Waals surface area contributed by atoms with Crippen LogP contribution in [0.15, 0.2) is 24.3 Å². The van der Waals surface area contributed by atoms with Gasteiger partial charge in [-0.25, -0.2) is 0 Å². The van der Waals surface area contributed by atoms with Gasteiger partial charge in [0.2, 0.25) is 0 Å². The summed E-state index contributed by atoms with van der Waals surface area (Å²) in [5.74, 6) is 3.90. The van der Waals surface area contributed by atoms with Gasteiger partial charge in [0.1, 0.15) is 5.75 Å². The molecule has 1 aromatic rings. The molecule has 1 heterocycles. The first-order valence-electron chi connectivity index (χ1n) is 6.99. The van der Waals surface area contributed by atoms with E-state index in [2.05, 4.69) is 11.2 Å². The first kappa shape index (κ1) is 12.9. The molecule has 0 bridgehead atoms. The smallest absolute Gasteiger partial charge is 0.266 e. The van der Waals surface area contributed by atoms with Crippen molar-refractivity contribution in [3.05, 3.63) is 24.3 Å². The highest BCUT2D eigenvalue weighted by molar-refractivity contribution is 5.83. The number of terminal acetylenes is 1. The quantitative estimate of drug-likeness (QED) is 0.847. The van der Waals surface area contributed by atoms with Crippen LogP contribution in [0.4, 0.5) is 5.69 Å². The summed E-state index contributed by atoms with van der Waals surface area (Å²) in [6.45, 7) is 1.60. The van der Waals surface area contributed by atoms with Gasteiger partial charge in [-0.2, -0.15) is 0 Å². The average Bonchev–Trinajstić information content (AvgIpc) is 3.29. The Hall–Kier alpha value is -2.15. The Morgan fingerprint density at radius 3 is 3.00 bits per heavy atom. The molecule has 4 heteroatoms. The molecule has 0 radical (unpaired) electrons. The van der Waals surface area contributed by atoms with E-state index in [9.17, 15) is 4.79 Å². The highest BCUT2D eigenvalue weighted by Gasteiger charge is 2.32. The van der Waals surface area contributed by atoms with Crippen molar-refractivity contribution >= 4 is 11.6 Å². The lowest BCUT2D eigenvalue weighted by Crippen LogP contribution is -2.47. The summed E-state index contributed by atoms with van der Waals surface area (Å²) in [6, 6.07) is 7.65. The second-order valence-electron chi connectivity index (χ2n) is 5.35. The van der Waals surface area contributed by atoms with Gasteiger partial charge in [-0.05, 0) is 30.9 Å². The van der Waals surface area contributed by atoms with Gasteiger partial charge in [0.25, 0.3) is 5.91 Å². The van der Waals surface area contributed by atoms with E-state index in [-0.39, 0.29) is 5.91 Å². The highest BCUT2D eigenvalue weighted by Crippen LogP contribution is 2.31. The monoisotopic (exact) mass is 270 g/mol. The van der Waals surface area contributed by atoms with Crippen molar-refractivity contribution in [3.8, 4) is 18.1 Å². The molecule has 1 amide bonds. The molecule has 1 aromatic carbocycles. The van der Waals surface area contributed by atoms with Crippen molar-refractivity contribution < 1.29 is 9.53 Å². The van der Waals surface area contributed by atoms with E-state index in [0.717, 1.165) is 18.0 Å². The van der Waals surface area contributed by atoms with E-state index in [1.807, 2.05) is 24.3 Å². The van der Waals surface area contributed by atoms with Crippen LogP contribution in [0.1, 0.15) is 12.8 Å². The number of ether oxygens (including phenoxy) is 1. The second-order valence-corrected chi connectivity index (χ2v) is 5.35. The van der Waals surface area contributed by atoms with E-state index in [4.69, 9.17) is 11.2 Å². The Morgan fingerprint density at radius 1 is 1.45 bits per heavy atom. The summed E-state index contributed by atoms with van der Waals surface area (Å²) in [7, 11) is 0. The number of nitrogens with one attached hydrogen (secondary N) is 1. The van der Waals surface area contributed by atoms with Gasteiger partial charge in [-0.3, -0.25) is 4.79 Å². The fraction of sp³-hybridized carbons (Fsp3) is 0.438. The average molecular weight is 270 g/mol. The van der Waals surface area contributed by atoms with Crippen LogP contribution in [0.5, 0.6) is 5.75 Å². The van der Waals surface area contributed by atoms with Gasteiger partial charge < -0.3 is 15.0 Å². The van der Waals surface area contributed by atoms with Crippen LogP contribution in [-0.4, -0.2) is 36.5 Å². The van der Waals surface area contributed by atoms with Gasteiger partial charge in [0.05, 0.1) is 18.8 Å². The minimum atomic E-state index is -0.489. The van der Waals surface area contributed by atoms with Crippen LogP contribution in [0.25, 0.3) is 0 Å². The van der Waals surface area contributed by atoms with Gasteiger partial charge in [0.15, 0.2) is 6.10 Å². The van der Waals surface area contributed by atoms with Crippen LogP contribution in [0.3, 0.4) is 0 Å². The van der Waals surface area contributed by atoms with Crippen molar-refractivity contribution in [2.45, 2.75) is 18.9 Å². The molecule has 2 aliphatic rings. The van der Waals surface area contributed by atoms with E-state index < -0.39 is 6.10 Å². The minimum Gasteiger partial charge on any atom is -0.477 e. The van der Waals surface area contributed by atoms with Crippen molar-refractivity contribution in [2.75, 3.05) is 25.0 Å². The van der Waals surface area contributed by atoms with Crippen LogP contribution >= 0.6 is 0 Å². The molecule has 0 aromatic heterocycles. The second kappa shape index (κ2) is 5.46. The Morgan fingerprint density at radius 2 is 2.25 bits per heavy atom. The minimum absolute atomic E-state index is 0.0168. The fourth-order valence-electron chi connectivity index (χ4n) is 2.41. The molecule has 1 unspecified atom stereocenters. The van der Waals surface area contributed by atoms with E-state index in [0.29, 0.717) is 19.0 Å². The molecule has 3 rings (SSSR count). The lowest BCUT2D eigenvalue weighted by Gasteiger charge is -2.30. The molecule has 0 saturated heterocycles. The molecule has 1 saturated carbocycles. The zero-order valence-corrected chi connectivity index (χ0v) is 11.3. The number of hydrogen-bond acceptors (Lipinski definition) is 3. The molecule has 1 fully saturated rings. The van der Waals surface area contributed by atoms with Gasteiger partial charge in [-0.1, -0.05) is 18.1 Å². The van der Waals surface area contributed by atoms with Gasteiger partial charge in [-0.15, -0.1) is 6.42 Å². The predicted octanol–water partition coefficient (Wildman–Crippen LogP) is 1.73. The van der Waals surface area contributed by atoms with Crippen molar-refractivity contribution in [1.82, 2.24) is 4.90 Å². The summed E-state index contributed by atoms with van der Waals surface area (Å²) in [5, 5.41) is 3.24.